The molecule has 1 saturated heterocycles. The fraction of sp³-hybridized carbons (Fsp3) is 0.409. The Hall–Kier alpha value is -2.35. The number of nitrogens with zero attached hydrogens (tertiary/aromatic N) is 2. The highest BCUT2D eigenvalue weighted by atomic mass is 19.1. The highest BCUT2D eigenvalue weighted by Crippen LogP contribution is 2.16. The van der Waals surface area contributed by atoms with Gasteiger partial charge >= 0.3 is 0 Å². The smallest absolute Gasteiger partial charge is 0.238 e. The van der Waals surface area contributed by atoms with Gasteiger partial charge in [0.25, 0.3) is 0 Å². The van der Waals surface area contributed by atoms with E-state index in [1.54, 1.807) is 0 Å². The van der Waals surface area contributed by atoms with Crippen molar-refractivity contribution >= 4 is 11.6 Å². The highest BCUT2D eigenvalue weighted by molar-refractivity contribution is 5.92. The van der Waals surface area contributed by atoms with Crippen molar-refractivity contribution in [3.63, 3.8) is 0 Å². The number of hydrogen-bond acceptors (Lipinski definition) is 4. The number of carbonyl (C=O) groups excluding carboxylic acids is 1. The lowest BCUT2D eigenvalue weighted by Crippen LogP contribution is -2.47. The van der Waals surface area contributed by atoms with Crippen LogP contribution in [0.5, 0.6) is 0 Å². The number of nitrogens with one attached hydrogen (secondary N) is 1. The summed E-state index contributed by atoms with van der Waals surface area (Å²) < 4.78 is 32.7. The van der Waals surface area contributed by atoms with E-state index in [4.69, 9.17) is 4.74 Å². The second-order valence-corrected chi connectivity index (χ2v) is 7.32. The predicted molar refractivity (Wildman–Crippen MR) is 109 cm³/mol. The zero-order valence-corrected chi connectivity index (χ0v) is 16.6. The molecule has 3 rings (SSSR count). The summed E-state index contributed by atoms with van der Waals surface area (Å²) >= 11 is 0. The molecule has 0 aromatic heterocycles. The third kappa shape index (κ3) is 6.59. The van der Waals surface area contributed by atoms with Crippen molar-refractivity contribution in [2.75, 3.05) is 44.7 Å². The van der Waals surface area contributed by atoms with Gasteiger partial charge in [0.15, 0.2) is 0 Å². The minimum absolute atomic E-state index is 0.0797. The van der Waals surface area contributed by atoms with Gasteiger partial charge in [0, 0.05) is 38.3 Å². The fourth-order valence-corrected chi connectivity index (χ4v) is 3.43. The van der Waals surface area contributed by atoms with Gasteiger partial charge in [-0.05, 0) is 24.6 Å². The van der Waals surface area contributed by atoms with Gasteiger partial charge in [-0.15, -0.1) is 0 Å². The molecule has 1 heterocycles. The summed E-state index contributed by atoms with van der Waals surface area (Å²) in [5.74, 6) is -1.63. The molecule has 1 aliphatic heterocycles. The maximum absolute atomic E-state index is 13.9. The van der Waals surface area contributed by atoms with Gasteiger partial charge in [-0.3, -0.25) is 14.6 Å². The lowest BCUT2D eigenvalue weighted by atomic mass is 10.1. The van der Waals surface area contributed by atoms with Crippen molar-refractivity contribution in [1.82, 2.24) is 9.80 Å². The summed E-state index contributed by atoms with van der Waals surface area (Å²) in [5, 5.41) is 2.50. The molecule has 1 amide bonds. The van der Waals surface area contributed by atoms with Crippen LogP contribution in [-0.2, 0) is 16.1 Å². The van der Waals surface area contributed by atoms with Crippen LogP contribution in [0, 0.1) is 11.6 Å². The molecule has 1 N–H and O–H groups in total. The molecule has 5 nitrogen and oxygen atoms in total. The molecule has 29 heavy (non-hydrogen) atoms. The van der Waals surface area contributed by atoms with Gasteiger partial charge in [-0.2, -0.15) is 0 Å². The van der Waals surface area contributed by atoms with Crippen LogP contribution in [0.1, 0.15) is 12.5 Å². The maximum Gasteiger partial charge on any atom is 0.238 e. The van der Waals surface area contributed by atoms with Gasteiger partial charge in [0.05, 0.1) is 25.4 Å². The van der Waals surface area contributed by atoms with Crippen LogP contribution in [0.25, 0.3) is 0 Å². The van der Waals surface area contributed by atoms with Crippen molar-refractivity contribution in [3.8, 4) is 0 Å². The van der Waals surface area contributed by atoms with Crippen molar-refractivity contribution in [2.45, 2.75) is 19.5 Å². The molecule has 0 saturated carbocycles. The number of amides is 1. The van der Waals surface area contributed by atoms with Crippen LogP contribution in [0.3, 0.4) is 0 Å². The molecule has 1 fully saturated rings. The Labute approximate surface area is 170 Å². The van der Waals surface area contributed by atoms with E-state index in [-0.39, 0.29) is 24.2 Å². The number of hydrogen-bond donors (Lipinski definition) is 1. The Morgan fingerprint density at radius 1 is 1.17 bits per heavy atom. The summed E-state index contributed by atoms with van der Waals surface area (Å²) in [6.07, 6.45) is 0. The van der Waals surface area contributed by atoms with Crippen LogP contribution in [0.15, 0.2) is 48.5 Å². The largest absolute Gasteiger partial charge is 0.379 e. The van der Waals surface area contributed by atoms with Gasteiger partial charge < -0.3 is 10.1 Å². The molecule has 2 aromatic carbocycles. The van der Waals surface area contributed by atoms with E-state index >= 15 is 0 Å². The molecule has 0 bridgehead atoms. The molecular formula is C22H27F2N3O2. The first-order valence-electron chi connectivity index (χ1n) is 9.84. The minimum atomic E-state index is -0.657. The third-order valence-corrected chi connectivity index (χ3v) is 5.03. The van der Waals surface area contributed by atoms with Crippen LogP contribution in [-0.4, -0.2) is 61.1 Å². The van der Waals surface area contributed by atoms with E-state index in [1.165, 1.54) is 0 Å². The normalized spacial score (nSPS) is 16.0. The first kappa shape index (κ1) is 21.4. The van der Waals surface area contributed by atoms with Crippen LogP contribution < -0.4 is 5.32 Å². The molecule has 1 atom stereocenters. The van der Waals surface area contributed by atoms with Gasteiger partial charge in [-0.1, -0.05) is 30.3 Å². The average Bonchev–Trinajstić information content (AvgIpc) is 2.72. The number of halogens is 2. The monoisotopic (exact) mass is 403 g/mol. The molecule has 1 aliphatic rings. The SMILES string of the molecule is CC(CN1CCOCC1)N(CC(=O)Nc1cc(F)ccc1F)Cc1ccccc1. The fourth-order valence-electron chi connectivity index (χ4n) is 3.43. The Balaban J connectivity index is 1.67. The predicted octanol–water partition coefficient (Wildman–Crippen LogP) is 3.13. The van der Waals surface area contributed by atoms with E-state index in [0.717, 1.165) is 43.4 Å². The van der Waals surface area contributed by atoms with Crippen molar-refractivity contribution in [3.05, 3.63) is 65.7 Å². The molecule has 0 aliphatic carbocycles. The molecule has 0 spiro atoms. The molecule has 1 unspecified atom stereocenters. The van der Waals surface area contributed by atoms with E-state index < -0.39 is 11.6 Å². The maximum atomic E-state index is 13.9. The van der Waals surface area contributed by atoms with Gasteiger partial charge in [0.1, 0.15) is 11.6 Å². The molecule has 2 aromatic rings. The number of carbonyl (C=O) groups is 1. The zero-order valence-electron chi connectivity index (χ0n) is 16.6. The number of morpholine rings is 1. The molecule has 0 radical (unpaired) electrons. The lowest BCUT2D eigenvalue weighted by molar-refractivity contribution is -0.118. The molecule has 156 valence electrons. The Morgan fingerprint density at radius 3 is 2.62 bits per heavy atom. The van der Waals surface area contributed by atoms with Crippen molar-refractivity contribution < 1.29 is 18.3 Å². The van der Waals surface area contributed by atoms with Crippen LogP contribution in [0.2, 0.25) is 0 Å². The number of rotatable bonds is 8. The van der Waals surface area contributed by atoms with E-state index in [9.17, 15) is 13.6 Å². The number of anilines is 1. The topological polar surface area (TPSA) is 44.8 Å². The van der Waals surface area contributed by atoms with Gasteiger partial charge in [0.2, 0.25) is 5.91 Å². The van der Waals surface area contributed by atoms with Crippen molar-refractivity contribution in [2.24, 2.45) is 0 Å². The van der Waals surface area contributed by atoms with E-state index in [2.05, 4.69) is 22.0 Å². The van der Waals surface area contributed by atoms with Crippen LogP contribution in [0.4, 0.5) is 14.5 Å². The average molecular weight is 403 g/mol. The number of ether oxygens (including phenoxy) is 1. The molecule has 7 heteroatoms. The summed E-state index contributed by atoms with van der Waals surface area (Å²) in [6, 6.07) is 13.0. The second kappa shape index (κ2) is 10.4. The summed E-state index contributed by atoms with van der Waals surface area (Å²) in [6.45, 7) is 6.71. The minimum Gasteiger partial charge on any atom is -0.379 e. The standard InChI is InChI=1S/C22H27F2N3O2/c1-17(14-26-9-11-29-12-10-26)27(15-18-5-3-2-4-6-18)16-22(28)25-21-13-19(23)7-8-20(21)24/h2-8,13,17H,9-12,14-16H2,1H3,(H,25,28). The zero-order chi connectivity index (χ0) is 20.6. The quantitative estimate of drug-likeness (QED) is 0.736. The summed E-state index contributed by atoms with van der Waals surface area (Å²) in [4.78, 5) is 17.0. The van der Waals surface area contributed by atoms with E-state index in [1.807, 2.05) is 30.3 Å². The Morgan fingerprint density at radius 2 is 1.90 bits per heavy atom. The van der Waals surface area contributed by atoms with Gasteiger partial charge in [-0.25, -0.2) is 8.78 Å². The Bertz CT molecular complexity index is 798. The second-order valence-electron chi connectivity index (χ2n) is 7.32. The van der Waals surface area contributed by atoms with Crippen LogP contribution >= 0.6 is 0 Å². The lowest BCUT2D eigenvalue weighted by Gasteiger charge is -2.34. The number of benzene rings is 2. The van der Waals surface area contributed by atoms with E-state index in [0.29, 0.717) is 19.8 Å². The summed E-state index contributed by atoms with van der Waals surface area (Å²) in [7, 11) is 0. The Kier molecular flexibility index (Phi) is 7.69. The first-order valence-corrected chi connectivity index (χ1v) is 9.84. The highest BCUT2D eigenvalue weighted by Gasteiger charge is 2.22. The first-order chi connectivity index (χ1) is 14.0. The van der Waals surface area contributed by atoms with Crippen molar-refractivity contribution in [1.29, 1.82) is 0 Å². The summed E-state index contributed by atoms with van der Waals surface area (Å²) in [5.41, 5.74) is 0.946. The third-order valence-electron chi connectivity index (χ3n) is 5.03. The molecular weight excluding hydrogens is 376 g/mol.